The van der Waals surface area contributed by atoms with E-state index in [0.717, 1.165) is 5.76 Å². The second kappa shape index (κ2) is 12.4. The zero-order valence-electron chi connectivity index (χ0n) is 19.3. The molecule has 0 heterocycles. The zero-order chi connectivity index (χ0) is 23.7. The van der Waals surface area contributed by atoms with Crippen LogP contribution in [0.3, 0.4) is 0 Å². The standard InChI is InChI=1S/C21H34IN3O6/c1-14(13-24-25-19(27)31-21(5,6)7)29-16-10-8-9-15(17(16)22)28-12-11-23-18(26)30-20(2,3)4/h8-10,14-15,17H,11-13H2,1-7H3,(H,23,26)/t14-,15?,17?/m0/s1. The van der Waals surface area contributed by atoms with Crippen molar-refractivity contribution in [1.82, 2.24) is 5.32 Å². The topological polar surface area (TPSA) is 108 Å². The highest BCUT2D eigenvalue weighted by atomic mass is 127. The minimum absolute atomic E-state index is 0.0469. The van der Waals surface area contributed by atoms with E-state index in [1.165, 1.54) is 0 Å². The number of alkyl halides is 1. The summed E-state index contributed by atoms with van der Waals surface area (Å²) in [5, 5.41) is 10.1. The van der Waals surface area contributed by atoms with E-state index in [2.05, 4.69) is 38.1 Å². The Morgan fingerprint density at radius 1 is 1.16 bits per heavy atom. The van der Waals surface area contributed by atoms with Crippen LogP contribution in [0.25, 0.3) is 0 Å². The molecule has 0 bridgehead atoms. The lowest BCUT2D eigenvalue weighted by atomic mass is 10.1. The Morgan fingerprint density at radius 2 is 1.81 bits per heavy atom. The second-order valence-corrected chi connectivity index (χ2v) is 10.3. The van der Waals surface area contributed by atoms with Gasteiger partial charge in [-0.15, -0.1) is 0 Å². The van der Waals surface area contributed by atoms with Gasteiger partial charge in [-0.3, -0.25) is 0 Å². The smallest absolute Gasteiger partial charge is 0.452 e. The van der Waals surface area contributed by atoms with Gasteiger partial charge in [-0.1, -0.05) is 39.9 Å². The van der Waals surface area contributed by atoms with Crippen LogP contribution in [0.5, 0.6) is 0 Å². The van der Waals surface area contributed by atoms with Crippen molar-refractivity contribution in [1.29, 1.82) is 0 Å². The minimum atomic E-state index is -0.722. The largest absolute Gasteiger partial charge is 0.492 e. The highest BCUT2D eigenvalue weighted by Gasteiger charge is 2.26. The van der Waals surface area contributed by atoms with Gasteiger partial charge in [-0.2, -0.15) is 5.11 Å². The van der Waals surface area contributed by atoms with Gasteiger partial charge in [-0.25, -0.2) is 9.59 Å². The summed E-state index contributed by atoms with van der Waals surface area (Å²) < 4.78 is 22.0. The van der Waals surface area contributed by atoms with E-state index in [4.69, 9.17) is 18.9 Å². The Bertz CT molecular complexity index is 694. The molecule has 1 aliphatic rings. The number of hydrogen-bond donors (Lipinski definition) is 1. The molecule has 1 N–H and O–H groups in total. The quantitative estimate of drug-likeness (QED) is 0.198. The summed E-state index contributed by atoms with van der Waals surface area (Å²) in [6.45, 7) is 13.5. The summed E-state index contributed by atoms with van der Waals surface area (Å²) in [7, 11) is 0. The third-order valence-electron chi connectivity index (χ3n) is 3.42. The van der Waals surface area contributed by atoms with Crippen LogP contribution in [0.2, 0.25) is 0 Å². The molecule has 31 heavy (non-hydrogen) atoms. The number of carbonyl (C=O) groups is 2. The first kappa shape index (κ1) is 27.3. The SMILES string of the molecule is C[C@@H](CN=NC(=O)OC(C)(C)C)OC1=CC=CC(OCCNC(=O)OC(C)(C)C)C1I. The van der Waals surface area contributed by atoms with E-state index in [0.29, 0.717) is 13.2 Å². The third-order valence-corrected chi connectivity index (χ3v) is 4.75. The predicted octanol–water partition coefficient (Wildman–Crippen LogP) is 4.95. The van der Waals surface area contributed by atoms with Crippen molar-refractivity contribution in [3.8, 4) is 0 Å². The number of nitrogens with one attached hydrogen (secondary N) is 1. The molecule has 1 rings (SSSR count). The molecule has 0 aromatic heterocycles. The predicted molar refractivity (Wildman–Crippen MR) is 126 cm³/mol. The first-order valence-corrected chi connectivity index (χ1v) is 11.4. The number of azo groups is 1. The molecule has 9 nitrogen and oxygen atoms in total. The molecule has 0 saturated carbocycles. The van der Waals surface area contributed by atoms with Crippen LogP contribution in [0.15, 0.2) is 34.2 Å². The summed E-state index contributed by atoms with van der Waals surface area (Å²) in [5.41, 5.74) is -1.14. The van der Waals surface area contributed by atoms with Crippen LogP contribution < -0.4 is 5.32 Å². The molecule has 3 atom stereocenters. The monoisotopic (exact) mass is 551 g/mol. The van der Waals surface area contributed by atoms with Gasteiger partial charge in [0.2, 0.25) is 0 Å². The number of halogens is 1. The number of alkyl carbamates (subject to hydrolysis) is 1. The minimum Gasteiger partial charge on any atom is -0.492 e. The second-order valence-electron chi connectivity index (χ2n) is 8.95. The van der Waals surface area contributed by atoms with E-state index in [1.54, 1.807) is 20.8 Å². The normalized spacial score (nSPS) is 20.2. The van der Waals surface area contributed by atoms with E-state index >= 15 is 0 Å². The van der Waals surface area contributed by atoms with Gasteiger partial charge in [0.15, 0.2) is 0 Å². The molecule has 0 aromatic carbocycles. The van der Waals surface area contributed by atoms with Gasteiger partial charge < -0.3 is 24.3 Å². The molecule has 2 unspecified atom stereocenters. The van der Waals surface area contributed by atoms with Crippen LogP contribution in [0.4, 0.5) is 9.59 Å². The molecule has 2 amide bonds. The zero-order valence-corrected chi connectivity index (χ0v) is 21.5. The van der Waals surface area contributed by atoms with Crippen molar-refractivity contribution in [2.45, 2.75) is 75.8 Å². The van der Waals surface area contributed by atoms with E-state index in [9.17, 15) is 9.59 Å². The molecule has 0 saturated heterocycles. The summed E-state index contributed by atoms with van der Waals surface area (Å²) in [6.07, 6.45) is 4.00. The van der Waals surface area contributed by atoms with E-state index in [-0.39, 0.29) is 22.7 Å². The number of ether oxygens (including phenoxy) is 4. The highest BCUT2D eigenvalue weighted by Crippen LogP contribution is 2.26. The number of allylic oxidation sites excluding steroid dienone is 2. The summed E-state index contributed by atoms with van der Waals surface area (Å²) in [6, 6.07) is 0. The number of hydrogen-bond acceptors (Lipinski definition) is 7. The number of carbonyl (C=O) groups excluding carboxylic acids is 2. The van der Waals surface area contributed by atoms with Gasteiger partial charge in [-0.05, 0) is 54.5 Å². The number of rotatable bonds is 8. The van der Waals surface area contributed by atoms with Crippen LogP contribution in [0, 0.1) is 0 Å². The van der Waals surface area contributed by atoms with Crippen LogP contribution >= 0.6 is 22.6 Å². The molecule has 176 valence electrons. The van der Waals surface area contributed by atoms with Crippen molar-refractivity contribution in [2.24, 2.45) is 10.2 Å². The molecule has 1 aliphatic carbocycles. The first-order valence-electron chi connectivity index (χ1n) is 10.1. The lowest BCUT2D eigenvalue weighted by Crippen LogP contribution is -2.36. The lowest BCUT2D eigenvalue weighted by molar-refractivity contribution is 0.0441. The molecule has 0 radical (unpaired) electrons. The molecule has 0 fully saturated rings. The number of nitrogens with zero attached hydrogens (tertiary/aromatic N) is 2. The highest BCUT2D eigenvalue weighted by molar-refractivity contribution is 14.1. The maximum atomic E-state index is 11.7. The lowest BCUT2D eigenvalue weighted by Gasteiger charge is -2.27. The van der Waals surface area contributed by atoms with Crippen molar-refractivity contribution >= 4 is 34.8 Å². The van der Waals surface area contributed by atoms with Gasteiger partial charge >= 0.3 is 12.2 Å². The van der Waals surface area contributed by atoms with Crippen LogP contribution in [-0.4, -0.2) is 59.2 Å². The van der Waals surface area contributed by atoms with Crippen molar-refractivity contribution in [2.75, 3.05) is 19.7 Å². The molecule has 0 spiro atoms. The average molecular weight is 551 g/mol. The molecular weight excluding hydrogens is 517 g/mol. The summed E-state index contributed by atoms with van der Waals surface area (Å²) in [5.74, 6) is 0.744. The number of amides is 2. The van der Waals surface area contributed by atoms with Gasteiger partial charge in [0.25, 0.3) is 0 Å². The molecule has 0 aromatic rings. The summed E-state index contributed by atoms with van der Waals surface area (Å²) in [4.78, 5) is 23.2. The van der Waals surface area contributed by atoms with Crippen molar-refractivity contribution in [3.63, 3.8) is 0 Å². The fourth-order valence-electron chi connectivity index (χ4n) is 2.28. The molecule has 0 aliphatic heterocycles. The van der Waals surface area contributed by atoms with Gasteiger partial charge in [0, 0.05) is 6.54 Å². The summed E-state index contributed by atoms with van der Waals surface area (Å²) >= 11 is 2.25. The van der Waals surface area contributed by atoms with Crippen LogP contribution in [0.1, 0.15) is 48.5 Å². The Balaban J connectivity index is 2.39. The maximum absolute atomic E-state index is 11.7. The third kappa shape index (κ3) is 12.7. The fourth-order valence-corrected chi connectivity index (χ4v) is 3.09. The molecular formula is C21H34IN3O6. The Hall–Kier alpha value is -1.69. The molecule has 10 heteroatoms. The maximum Gasteiger partial charge on any atom is 0.452 e. The Kier molecular flexibility index (Phi) is 10.9. The Morgan fingerprint density at radius 3 is 2.42 bits per heavy atom. The van der Waals surface area contributed by atoms with Crippen molar-refractivity contribution in [3.05, 3.63) is 24.0 Å². The Labute approximate surface area is 198 Å². The van der Waals surface area contributed by atoms with Crippen molar-refractivity contribution < 1.29 is 28.5 Å². The van der Waals surface area contributed by atoms with Crippen LogP contribution in [-0.2, 0) is 18.9 Å². The van der Waals surface area contributed by atoms with E-state index < -0.39 is 23.4 Å². The fraction of sp³-hybridized carbons (Fsp3) is 0.714. The van der Waals surface area contributed by atoms with Gasteiger partial charge in [0.05, 0.1) is 23.2 Å². The van der Waals surface area contributed by atoms with E-state index in [1.807, 2.05) is 45.9 Å². The first-order chi connectivity index (χ1) is 14.3. The van der Waals surface area contributed by atoms with Gasteiger partial charge in [0.1, 0.15) is 23.1 Å². The average Bonchev–Trinajstić information content (AvgIpc) is 2.58.